The molecule has 0 saturated carbocycles. The summed E-state index contributed by atoms with van der Waals surface area (Å²) in [5.41, 5.74) is 1.08. The average Bonchev–Trinajstić information content (AvgIpc) is 2.59. The Kier molecular flexibility index (Phi) is 10.6. The summed E-state index contributed by atoms with van der Waals surface area (Å²) in [6.07, 6.45) is 3.00. The lowest BCUT2D eigenvalue weighted by atomic mass is 10.3. The minimum Gasteiger partial charge on any atom is -0.475 e. The number of hydrogen-bond acceptors (Lipinski definition) is 5. The number of guanidine groups is 1. The van der Waals surface area contributed by atoms with Crippen LogP contribution in [-0.2, 0) is 11.3 Å². The summed E-state index contributed by atoms with van der Waals surface area (Å²) >= 11 is 0. The summed E-state index contributed by atoms with van der Waals surface area (Å²) in [6.45, 7) is 8.26. The van der Waals surface area contributed by atoms with Crippen LogP contribution in [0.3, 0.4) is 0 Å². The molecule has 0 atom stereocenters. The number of aliphatic imine (C=N–C) groups is 1. The third-order valence-corrected chi connectivity index (χ3v) is 3.51. The Bertz CT molecular complexity index is 491. The normalized spacial score (nSPS) is 11.9. The molecule has 0 spiro atoms. The minimum atomic E-state index is 0.132. The van der Waals surface area contributed by atoms with Crippen molar-refractivity contribution in [3.63, 3.8) is 0 Å². The monoisotopic (exact) mass is 351 g/mol. The van der Waals surface area contributed by atoms with Crippen molar-refractivity contribution in [1.29, 1.82) is 0 Å². The summed E-state index contributed by atoms with van der Waals surface area (Å²) in [6, 6.07) is 3.90. The molecular formula is C18H33N5O2. The number of ether oxygens (including phenoxy) is 2. The molecule has 2 N–H and O–H groups in total. The molecule has 0 aliphatic heterocycles. The van der Waals surface area contributed by atoms with E-state index in [1.807, 2.05) is 32.2 Å². The summed E-state index contributed by atoms with van der Waals surface area (Å²) in [5.74, 6) is 1.44. The molecule has 0 aromatic carbocycles. The maximum atomic E-state index is 5.55. The van der Waals surface area contributed by atoms with E-state index in [9.17, 15) is 0 Å². The lowest BCUT2D eigenvalue weighted by molar-refractivity contribution is 0.180. The first-order chi connectivity index (χ1) is 12.0. The van der Waals surface area contributed by atoms with Crippen molar-refractivity contribution in [3.05, 3.63) is 23.9 Å². The van der Waals surface area contributed by atoms with E-state index in [1.165, 1.54) is 0 Å². The summed E-state index contributed by atoms with van der Waals surface area (Å²) < 4.78 is 10.6. The smallest absolute Gasteiger partial charge is 0.213 e. The first-order valence-corrected chi connectivity index (χ1v) is 8.78. The van der Waals surface area contributed by atoms with Crippen molar-refractivity contribution in [3.8, 4) is 5.88 Å². The Hall–Kier alpha value is -1.86. The summed E-state index contributed by atoms with van der Waals surface area (Å²) in [7, 11) is 5.62. The van der Waals surface area contributed by atoms with Gasteiger partial charge < -0.3 is 25.0 Å². The molecule has 0 aliphatic carbocycles. The fourth-order valence-electron chi connectivity index (χ4n) is 2.19. The third kappa shape index (κ3) is 9.89. The Balaban J connectivity index is 2.27. The third-order valence-electron chi connectivity index (χ3n) is 3.51. The molecule has 7 heteroatoms. The highest BCUT2D eigenvalue weighted by molar-refractivity contribution is 5.79. The fraction of sp³-hybridized carbons (Fsp3) is 0.667. The lowest BCUT2D eigenvalue weighted by Crippen LogP contribution is -2.40. The van der Waals surface area contributed by atoms with Gasteiger partial charge in [-0.2, -0.15) is 0 Å². The van der Waals surface area contributed by atoms with Crippen molar-refractivity contribution in [2.45, 2.75) is 32.9 Å². The van der Waals surface area contributed by atoms with Gasteiger partial charge >= 0.3 is 0 Å². The molecule has 0 bridgehead atoms. The van der Waals surface area contributed by atoms with Gasteiger partial charge in [-0.05, 0) is 32.9 Å². The molecule has 0 aliphatic rings. The molecule has 142 valence electrons. The highest BCUT2D eigenvalue weighted by Gasteiger charge is 2.02. The van der Waals surface area contributed by atoms with Gasteiger partial charge in [0.25, 0.3) is 0 Å². The first-order valence-electron chi connectivity index (χ1n) is 8.78. The Morgan fingerprint density at radius 1 is 1.28 bits per heavy atom. The molecular weight excluding hydrogens is 318 g/mol. The van der Waals surface area contributed by atoms with Gasteiger partial charge in [-0.25, -0.2) is 4.98 Å². The molecule has 0 radical (unpaired) electrons. The maximum Gasteiger partial charge on any atom is 0.213 e. The molecule has 1 aromatic heterocycles. The number of rotatable bonds is 11. The van der Waals surface area contributed by atoms with Crippen molar-refractivity contribution >= 4 is 5.96 Å². The van der Waals surface area contributed by atoms with Crippen LogP contribution in [0.4, 0.5) is 0 Å². The van der Waals surface area contributed by atoms with Crippen molar-refractivity contribution in [2.24, 2.45) is 4.99 Å². The van der Waals surface area contributed by atoms with E-state index >= 15 is 0 Å². The lowest BCUT2D eigenvalue weighted by Gasteiger charge is -2.18. The quantitative estimate of drug-likeness (QED) is 0.358. The molecule has 0 unspecified atom stereocenters. The maximum absolute atomic E-state index is 5.55. The van der Waals surface area contributed by atoms with Crippen LogP contribution in [0.15, 0.2) is 23.3 Å². The molecule has 25 heavy (non-hydrogen) atoms. The molecule has 7 nitrogen and oxygen atoms in total. The van der Waals surface area contributed by atoms with Crippen LogP contribution in [-0.4, -0.2) is 69.4 Å². The van der Waals surface area contributed by atoms with Crippen LogP contribution < -0.4 is 15.4 Å². The largest absolute Gasteiger partial charge is 0.475 e. The predicted molar refractivity (Wildman–Crippen MR) is 102 cm³/mol. The standard InChI is InChI=1S/C18H33N5O2/c1-15(2)25-17-8-7-16(13-21-17)14-22-18(19-3)20-9-11-23(4)10-6-12-24-5/h7-8,13,15H,6,9-12,14H2,1-5H3,(H2,19,20,22). The number of aromatic nitrogens is 1. The van der Waals surface area contributed by atoms with Gasteiger partial charge in [0.1, 0.15) is 0 Å². The van der Waals surface area contributed by atoms with E-state index in [0.29, 0.717) is 12.4 Å². The molecule has 0 amide bonds. The van der Waals surface area contributed by atoms with Gasteiger partial charge in [-0.1, -0.05) is 6.07 Å². The number of nitrogens with one attached hydrogen (secondary N) is 2. The minimum absolute atomic E-state index is 0.132. The Labute approximate surface area is 151 Å². The van der Waals surface area contributed by atoms with Crippen LogP contribution in [0.2, 0.25) is 0 Å². The number of nitrogens with zero attached hydrogens (tertiary/aromatic N) is 3. The summed E-state index contributed by atoms with van der Waals surface area (Å²) in [4.78, 5) is 10.8. The number of hydrogen-bond donors (Lipinski definition) is 2. The van der Waals surface area contributed by atoms with Gasteiger partial charge in [0.05, 0.1) is 6.10 Å². The molecule has 1 rings (SSSR count). The number of methoxy groups -OCH3 is 1. The van der Waals surface area contributed by atoms with Gasteiger partial charge in [-0.3, -0.25) is 4.99 Å². The van der Waals surface area contributed by atoms with Crippen molar-refractivity contribution in [1.82, 2.24) is 20.5 Å². The van der Waals surface area contributed by atoms with Crippen LogP contribution in [0.1, 0.15) is 25.8 Å². The van der Waals surface area contributed by atoms with Gasteiger partial charge in [0.2, 0.25) is 5.88 Å². The molecule has 0 saturated heterocycles. The van der Waals surface area contributed by atoms with Gasteiger partial charge in [0, 0.05) is 59.2 Å². The number of pyridine rings is 1. The van der Waals surface area contributed by atoms with Gasteiger partial charge in [0.15, 0.2) is 5.96 Å². The van der Waals surface area contributed by atoms with Crippen molar-refractivity contribution < 1.29 is 9.47 Å². The Morgan fingerprint density at radius 2 is 2.08 bits per heavy atom. The second-order valence-electron chi connectivity index (χ2n) is 6.17. The second-order valence-corrected chi connectivity index (χ2v) is 6.17. The number of likely N-dealkylation sites (N-methyl/N-ethyl adjacent to an activating group) is 1. The van der Waals surface area contributed by atoms with Crippen LogP contribution >= 0.6 is 0 Å². The molecule has 1 heterocycles. The fourth-order valence-corrected chi connectivity index (χ4v) is 2.19. The van der Waals surface area contributed by atoms with Gasteiger partial charge in [-0.15, -0.1) is 0 Å². The molecule has 0 fully saturated rings. The Morgan fingerprint density at radius 3 is 2.68 bits per heavy atom. The zero-order valence-electron chi connectivity index (χ0n) is 16.2. The predicted octanol–water partition coefficient (Wildman–Crippen LogP) is 1.50. The first kappa shape index (κ1) is 21.2. The zero-order chi connectivity index (χ0) is 18.5. The van der Waals surface area contributed by atoms with E-state index in [2.05, 4.69) is 32.6 Å². The summed E-state index contributed by atoms with van der Waals surface area (Å²) in [5, 5.41) is 6.61. The zero-order valence-corrected chi connectivity index (χ0v) is 16.2. The average molecular weight is 351 g/mol. The SMILES string of the molecule is CN=C(NCCN(C)CCCOC)NCc1ccc(OC(C)C)nc1. The van der Waals surface area contributed by atoms with Crippen LogP contribution in [0.5, 0.6) is 5.88 Å². The van der Waals surface area contributed by atoms with Crippen LogP contribution in [0.25, 0.3) is 0 Å². The van der Waals surface area contributed by atoms with E-state index in [1.54, 1.807) is 14.2 Å². The van der Waals surface area contributed by atoms with E-state index in [-0.39, 0.29) is 6.10 Å². The molecule has 1 aromatic rings. The second kappa shape index (κ2) is 12.5. The van der Waals surface area contributed by atoms with Crippen molar-refractivity contribution in [2.75, 3.05) is 47.4 Å². The van der Waals surface area contributed by atoms with E-state index in [0.717, 1.165) is 44.2 Å². The van der Waals surface area contributed by atoms with Crippen LogP contribution in [0, 0.1) is 0 Å². The highest BCUT2D eigenvalue weighted by Crippen LogP contribution is 2.09. The van der Waals surface area contributed by atoms with E-state index < -0.39 is 0 Å². The van der Waals surface area contributed by atoms with E-state index in [4.69, 9.17) is 9.47 Å². The highest BCUT2D eigenvalue weighted by atomic mass is 16.5. The topological polar surface area (TPSA) is 71.0 Å².